The van der Waals surface area contributed by atoms with Crippen LogP contribution in [0.25, 0.3) is 16.3 Å². The first kappa shape index (κ1) is 19.1. The normalized spacial score (nSPS) is 11.9. The van der Waals surface area contributed by atoms with E-state index in [9.17, 15) is 8.42 Å². The van der Waals surface area contributed by atoms with Crippen LogP contribution in [-0.2, 0) is 16.4 Å². The van der Waals surface area contributed by atoms with Crippen LogP contribution < -0.4 is 4.72 Å². The van der Waals surface area contributed by atoms with Crippen molar-refractivity contribution in [3.05, 3.63) is 70.2 Å². The van der Waals surface area contributed by atoms with Crippen molar-refractivity contribution in [2.45, 2.75) is 18.2 Å². The van der Waals surface area contributed by atoms with E-state index in [0.717, 1.165) is 21.8 Å². The third-order valence-corrected chi connectivity index (χ3v) is 6.87. The van der Waals surface area contributed by atoms with Crippen molar-refractivity contribution in [3.8, 4) is 11.4 Å². The Morgan fingerprint density at radius 1 is 1.18 bits per heavy atom. The first-order chi connectivity index (χ1) is 13.4. The number of sulfonamides is 1. The van der Waals surface area contributed by atoms with Crippen LogP contribution in [0.2, 0.25) is 5.02 Å². The maximum Gasteiger partial charge on any atom is 0.240 e. The number of rotatable bonds is 6. The lowest BCUT2D eigenvalue weighted by atomic mass is 10.1. The smallest absolute Gasteiger partial charge is 0.211 e. The lowest BCUT2D eigenvalue weighted by Crippen LogP contribution is -2.26. The molecule has 0 aliphatic heterocycles. The molecule has 4 rings (SSSR count). The number of nitrogens with one attached hydrogen (secondary N) is 1. The van der Waals surface area contributed by atoms with Crippen LogP contribution in [-0.4, -0.2) is 29.6 Å². The fourth-order valence-corrected chi connectivity index (χ4v) is 5.05. The van der Waals surface area contributed by atoms with E-state index in [1.165, 1.54) is 23.5 Å². The maximum absolute atomic E-state index is 12.4. The van der Waals surface area contributed by atoms with Gasteiger partial charge in [0, 0.05) is 28.9 Å². The molecule has 0 fully saturated rings. The van der Waals surface area contributed by atoms with Crippen molar-refractivity contribution in [2.24, 2.45) is 0 Å². The third-order valence-electron chi connectivity index (χ3n) is 4.32. The van der Waals surface area contributed by atoms with Crippen molar-refractivity contribution in [1.29, 1.82) is 0 Å². The number of halogens is 1. The Balaban J connectivity index is 1.51. The highest BCUT2D eigenvalue weighted by Gasteiger charge is 2.16. The molecular formula is C19H17ClN4O2S2. The van der Waals surface area contributed by atoms with E-state index in [-0.39, 0.29) is 11.4 Å². The molecule has 0 amide bonds. The zero-order valence-electron chi connectivity index (χ0n) is 15.0. The molecule has 0 saturated heterocycles. The number of aromatic nitrogens is 3. The van der Waals surface area contributed by atoms with Gasteiger partial charge in [-0.3, -0.25) is 0 Å². The van der Waals surface area contributed by atoms with E-state index < -0.39 is 10.0 Å². The molecule has 9 heteroatoms. The summed E-state index contributed by atoms with van der Waals surface area (Å²) in [4.78, 5) is 5.53. The van der Waals surface area contributed by atoms with E-state index in [0.29, 0.717) is 17.3 Å². The molecule has 0 unspecified atom stereocenters. The lowest BCUT2D eigenvalue weighted by molar-refractivity contribution is 0.581. The Hall–Kier alpha value is -2.26. The van der Waals surface area contributed by atoms with Gasteiger partial charge < -0.3 is 0 Å². The van der Waals surface area contributed by atoms with Gasteiger partial charge in [-0.15, -0.1) is 16.4 Å². The molecule has 2 aromatic heterocycles. The number of hydrogen-bond acceptors (Lipinski definition) is 5. The Morgan fingerprint density at radius 2 is 2.00 bits per heavy atom. The molecule has 0 spiro atoms. The third kappa shape index (κ3) is 3.81. The standard InChI is InChI=1S/C19H17ClN4O2S2/c1-13-5-2-3-8-17(13)18-22-19-24(23-18)15(12-27-19)9-10-21-28(25,26)16-7-4-6-14(20)11-16/h2-8,11-12,21H,9-10H2,1H3. The van der Waals surface area contributed by atoms with Crippen LogP contribution in [0.4, 0.5) is 0 Å². The lowest BCUT2D eigenvalue weighted by Gasteiger charge is -2.06. The van der Waals surface area contributed by atoms with Crippen molar-refractivity contribution >= 4 is 37.9 Å². The van der Waals surface area contributed by atoms with Crippen LogP contribution in [0.5, 0.6) is 0 Å². The summed E-state index contributed by atoms with van der Waals surface area (Å²) in [5, 5.41) is 6.94. The summed E-state index contributed by atoms with van der Waals surface area (Å²) in [5.74, 6) is 0.672. The second-order valence-corrected chi connectivity index (χ2v) is 9.32. The molecule has 0 aliphatic rings. The highest BCUT2D eigenvalue weighted by Crippen LogP contribution is 2.23. The highest BCUT2D eigenvalue weighted by atomic mass is 35.5. The minimum absolute atomic E-state index is 0.151. The van der Waals surface area contributed by atoms with Gasteiger partial charge >= 0.3 is 0 Å². The largest absolute Gasteiger partial charge is 0.240 e. The molecule has 0 atom stereocenters. The second-order valence-electron chi connectivity index (χ2n) is 6.28. The predicted octanol–water partition coefficient (Wildman–Crippen LogP) is 3.94. The molecule has 144 valence electrons. The SMILES string of the molecule is Cc1ccccc1-c1nc2scc(CCNS(=O)(=O)c3cccc(Cl)c3)n2n1. The zero-order valence-corrected chi connectivity index (χ0v) is 17.4. The zero-order chi connectivity index (χ0) is 19.7. The first-order valence-corrected chi connectivity index (χ1v) is 11.3. The van der Waals surface area contributed by atoms with E-state index in [1.807, 2.05) is 36.6 Å². The van der Waals surface area contributed by atoms with Crippen molar-refractivity contribution in [2.75, 3.05) is 6.54 Å². The molecular weight excluding hydrogens is 416 g/mol. The van der Waals surface area contributed by atoms with Gasteiger partial charge in [0.1, 0.15) is 0 Å². The number of aryl methyl sites for hydroxylation is 1. The predicted molar refractivity (Wildman–Crippen MR) is 111 cm³/mol. The molecule has 28 heavy (non-hydrogen) atoms. The van der Waals surface area contributed by atoms with E-state index in [4.69, 9.17) is 11.6 Å². The molecule has 2 heterocycles. The van der Waals surface area contributed by atoms with Crippen LogP contribution in [0.1, 0.15) is 11.3 Å². The summed E-state index contributed by atoms with van der Waals surface area (Å²) in [6, 6.07) is 14.2. The quantitative estimate of drug-likeness (QED) is 0.500. The topological polar surface area (TPSA) is 76.4 Å². The number of benzene rings is 2. The van der Waals surface area contributed by atoms with E-state index in [2.05, 4.69) is 14.8 Å². The fraction of sp³-hybridized carbons (Fsp3) is 0.158. The Labute approximate surface area is 171 Å². The van der Waals surface area contributed by atoms with Crippen LogP contribution in [0, 0.1) is 6.92 Å². The molecule has 2 aromatic carbocycles. The summed E-state index contributed by atoms with van der Waals surface area (Å²) >= 11 is 7.37. The molecule has 0 radical (unpaired) electrons. The van der Waals surface area contributed by atoms with Gasteiger partial charge in [-0.25, -0.2) is 17.7 Å². The maximum atomic E-state index is 12.4. The Morgan fingerprint density at radius 3 is 2.79 bits per heavy atom. The summed E-state index contributed by atoms with van der Waals surface area (Å²) in [6.45, 7) is 2.27. The molecule has 6 nitrogen and oxygen atoms in total. The van der Waals surface area contributed by atoms with E-state index >= 15 is 0 Å². The van der Waals surface area contributed by atoms with Gasteiger partial charge in [-0.05, 0) is 30.7 Å². The number of thiazole rings is 1. The van der Waals surface area contributed by atoms with Crippen molar-refractivity contribution in [1.82, 2.24) is 19.3 Å². The van der Waals surface area contributed by atoms with Gasteiger partial charge in [0.25, 0.3) is 0 Å². The Bertz CT molecular complexity index is 1250. The van der Waals surface area contributed by atoms with Gasteiger partial charge in [-0.1, -0.05) is 41.9 Å². The number of fused-ring (bicyclic) bond motifs is 1. The van der Waals surface area contributed by atoms with Crippen LogP contribution >= 0.6 is 22.9 Å². The minimum atomic E-state index is -3.61. The number of nitrogens with zero attached hydrogens (tertiary/aromatic N) is 3. The molecule has 0 saturated carbocycles. The van der Waals surface area contributed by atoms with Crippen LogP contribution in [0.3, 0.4) is 0 Å². The highest BCUT2D eigenvalue weighted by molar-refractivity contribution is 7.89. The summed E-state index contributed by atoms with van der Waals surface area (Å²) in [6.07, 6.45) is 0.496. The van der Waals surface area contributed by atoms with Crippen LogP contribution in [0.15, 0.2) is 58.8 Å². The fourth-order valence-electron chi connectivity index (χ4n) is 2.87. The summed E-state index contributed by atoms with van der Waals surface area (Å²) in [7, 11) is -3.61. The molecule has 0 aliphatic carbocycles. The average Bonchev–Trinajstić information content (AvgIpc) is 3.24. The minimum Gasteiger partial charge on any atom is -0.211 e. The first-order valence-electron chi connectivity index (χ1n) is 8.58. The summed E-state index contributed by atoms with van der Waals surface area (Å²) in [5.41, 5.74) is 3.00. The number of hydrogen-bond donors (Lipinski definition) is 1. The molecule has 4 aromatic rings. The Kier molecular flexibility index (Phi) is 5.20. The monoisotopic (exact) mass is 432 g/mol. The molecule has 0 bridgehead atoms. The molecule has 1 N–H and O–H groups in total. The van der Waals surface area contributed by atoms with Crippen molar-refractivity contribution in [3.63, 3.8) is 0 Å². The van der Waals surface area contributed by atoms with E-state index in [1.54, 1.807) is 16.6 Å². The summed E-state index contributed by atoms with van der Waals surface area (Å²) < 4.78 is 29.2. The van der Waals surface area contributed by atoms with Gasteiger partial charge in [0.2, 0.25) is 15.0 Å². The second kappa shape index (κ2) is 7.63. The van der Waals surface area contributed by atoms with Gasteiger partial charge in [0.15, 0.2) is 5.82 Å². The average molecular weight is 433 g/mol. The van der Waals surface area contributed by atoms with Gasteiger partial charge in [0.05, 0.1) is 10.6 Å². The van der Waals surface area contributed by atoms with Crippen molar-refractivity contribution < 1.29 is 8.42 Å². The van der Waals surface area contributed by atoms with Gasteiger partial charge in [-0.2, -0.15) is 4.98 Å².